The number of carbonyl (C=O) groups is 2. The summed E-state index contributed by atoms with van der Waals surface area (Å²) in [6.45, 7) is 1.98. The molecule has 0 bridgehead atoms. The first-order valence-corrected chi connectivity index (χ1v) is 9.80. The lowest BCUT2D eigenvalue weighted by Gasteiger charge is -2.33. The van der Waals surface area contributed by atoms with Gasteiger partial charge in [0.05, 0.1) is 16.8 Å². The maximum Gasteiger partial charge on any atom is 0.420 e. The predicted molar refractivity (Wildman–Crippen MR) is 97.1 cm³/mol. The lowest BCUT2D eigenvalue weighted by Crippen LogP contribution is -2.35. The summed E-state index contributed by atoms with van der Waals surface area (Å²) < 4.78 is 12.4. The summed E-state index contributed by atoms with van der Waals surface area (Å²) in [6.07, 6.45) is 7.93. The third-order valence-corrected chi connectivity index (χ3v) is 4.98. The zero-order chi connectivity index (χ0) is 17.9. The van der Waals surface area contributed by atoms with Crippen LogP contribution in [0.3, 0.4) is 0 Å². The Morgan fingerprint density at radius 3 is 2.76 bits per heavy atom. The fourth-order valence-electron chi connectivity index (χ4n) is 3.14. The molecule has 1 aromatic heterocycles. The first-order valence-electron chi connectivity index (χ1n) is 8.41. The molecule has 0 N–H and O–H groups in total. The molecule has 6 nitrogen and oxygen atoms in total. The van der Waals surface area contributed by atoms with Crippen LogP contribution in [0, 0.1) is 0 Å². The van der Waals surface area contributed by atoms with Gasteiger partial charge >= 0.3 is 12.1 Å². The standard InChI is InChI=1S/C18H22N2O4S/c1-18(8-4-3-5-9-18)24-17(22)20-12-19-14-7-6-13(10-15(14)20)23-16(21)11-25-2/h6-7,10,12H,3-5,8-9,11H2,1-2H3. The quantitative estimate of drug-likeness (QED) is 0.604. The Kier molecular flexibility index (Phi) is 5.32. The van der Waals surface area contributed by atoms with Gasteiger partial charge in [0.1, 0.15) is 17.7 Å². The largest absolute Gasteiger partial charge is 0.443 e. The number of rotatable bonds is 4. The van der Waals surface area contributed by atoms with E-state index in [-0.39, 0.29) is 11.7 Å². The van der Waals surface area contributed by atoms with Crippen LogP contribution in [0.25, 0.3) is 11.0 Å². The second-order valence-corrected chi connectivity index (χ2v) is 7.42. The highest BCUT2D eigenvalue weighted by atomic mass is 32.2. The van der Waals surface area contributed by atoms with Crippen LogP contribution in [0.5, 0.6) is 5.75 Å². The highest BCUT2D eigenvalue weighted by Gasteiger charge is 2.31. The van der Waals surface area contributed by atoms with Crippen molar-refractivity contribution in [1.29, 1.82) is 0 Å². The highest BCUT2D eigenvalue weighted by molar-refractivity contribution is 7.99. The monoisotopic (exact) mass is 362 g/mol. The fourth-order valence-corrected chi connectivity index (χ4v) is 3.43. The lowest BCUT2D eigenvalue weighted by molar-refractivity contribution is -0.131. The van der Waals surface area contributed by atoms with Crippen molar-refractivity contribution in [3.8, 4) is 5.75 Å². The molecule has 1 aliphatic carbocycles. The summed E-state index contributed by atoms with van der Waals surface area (Å²) in [7, 11) is 0. The number of thioether (sulfide) groups is 1. The number of esters is 1. The Balaban J connectivity index is 1.81. The molecular weight excluding hydrogens is 340 g/mol. The molecule has 1 aromatic carbocycles. The molecule has 1 saturated carbocycles. The van der Waals surface area contributed by atoms with Gasteiger partial charge in [-0.2, -0.15) is 11.8 Å². The molecule has 0 unspecified atom stereocenters. The Bertz CT molecular complexity index is 780. The van der Waals surface area contributed by atoms with Crippen molar-refractivity contribution in [2.24, 2.45) is 0 Å². The van der Waals surface area contributed by atoms with Crippen molar-refractivity contribution in [3.05, 3.63) is 24.5 Å². The van der Waals surface area contributed by atoms with Crippen molar-refractivity contribution in [2.45, 2.75) is 44.6 Å². The van der Waals surface area contributed by atoms with Crippen LogP contribution in [0.2, 0.25) is 0 Å². The van der Waals surface area contributed by atoms with Crippen LogP contribution in [0.15, 0.2) is 24.5 Å². The molecule has 3 rings (SSSR count). The SMILES string of the molecule is CSCC(=O)Oc1ccc2ncn(C(=O)OC3(C)CCCCC3)c2c1. The Hall–Kier alpha value is -2.02. The van der Waals surface area contributed by atoms with E-state index in [0.717, 1.165) is 25.7 Å². The zero-order valence-electron chi connectivity index (χ0n) is 14.5. The third kappa shape index (κ3) is 4.15. The number of carbonyl (C=O) groups excluding carboxylic acids is 2. The molecule has 2 aromatic rings. The molecule has 7 heteroatoms. The van der Waals surface area contributed by atoms with Crippen LogP contribution in [0.1, 0.15) is 39.0 Å². The van der Waals surface area contributed by atoms with Gasteiger partial charge in [-0.3, -0.25) is 4.79 Å². The lowest BCUT2D eigenvalue weighted by atomic mass is 9.86. The molecule has 134 valence electrons. The van der Waals surface area contributed by atoms with E-state index in [1.54, 1.807) is 18.2 Å². The summed E-state index contributed by atoms with van der Waals surface area (Å²) in [5.74, 6) is 0.345. The number of benzene rings is 1. The van der Waals surface area contributed by atoms with Gasteiger partial charge in [0, 0.05) is 6.07 Å². The number of nitrogens with zero attached hydrogens (tertiary/aromatic N) is 2. The molecule has 0 saturated heterocycles. The first kappa shape index (κ1) is 17.8. The molecule has 0 spiro atoms. The van der Waals surface area contributed by atoms with Crippen LogP contribution in [0.4, 0.5) is 4.79 Å². The van der Waals surface area contributed by atoms with E-state index in [9.17, 15) is 9.59 Å². The maximum absolute atomic E-state index is 12.6. The molecule has 1 aliphatic rings. The van der Waals surface area contributed by atoms with Gasteiger partial charge in [0.15, 0.2) is 0 Å². The topological polar surface area (TPSA) is 70.4 Å². The molecule has 25 heavy (non-hydrogen) atoms. The smallest absolute Gasteiger partial charge is 0.420 e. The predicted octanol–water partition coefficient (Wildman–Crippen LogP) is 4.01. The van der Waals surface area contributed by atoms with Crippen molar-refractivity contribution in [3.63, 3.8) is 0 Å². The van der Waals surface area contributed by atoms with Gasteiger partial charge in [-0.1, -0.05) is 6.42 Å². The van der Waals surface area contributed by atoms with Crippen molar-refractivity contribution < 1.29 is 19.1 Å². The van der Waals surface area contributed by atoms with Crippen molar-refractivity contribution in [2.75, 3.05) is 12.0 Å². The van der Waals surface area contributed by atoms with Crippen LogP contribution < -0.4 is 4.74 Å². The van der Waals surface area contributed by atoms with E-state index in [1.807, 2.05) is 13.2 Å². The summed E-state index contributed by atoms with van der Waals surface area (Å²) in [5.41, 5.74) is 0.795. The summed E-state index contributed by atoms with van der Waals surface area (Å²) >= 11 is 1.40. The Morgan fingerprint density at radius 2 is 2.04 bits per heavy atom. The molecule has 0 atom stereocenters. The summed E-state index contributed by atoms with van der Waals surface area (Å²) in [6, 6.07) is 5.04. The molecule has 0 aliphatic heterocycles. The van der Waals surface area contributed by atoms with E-state index in [0.29, 0.717) is 16.8 Å². The summed E-state index contributed by atoms with van der Waals surface area (Å²) in [5, 5.41) is 0. The second-order valence-electron chi connectivity index (χ2n) is 6.55. The zero-order valence-corrected chi connectivity index (χ0v) is 15.3. The first-order chi connectivity index (χ1) is 12.0. The minimum absolute atomic E-state index is 0.275. The average molecular weight is 362 g/mol. The second kappa shape index (κ2) is 7.47. The van der Waals surface area contributed by atoms with E-state index in [4.69, 9.17) is 9.47 Å². The molecular formula is C18H22N2O4S. The van der Waals surface area contributed by atoms with Crippen molar-refractivity contribution in [1.82, 2.24) is 9.55 Å². The number of hydrogen-bond acceptors (Lipinski definition) is 6. The van der Waals surface area contributed by atoms with E-state index in [1.165, 1.54) is 29.1 Å². The van der Waals surface area contributed by atoms with Crippen LogP contribution in [-0.2, 0) is 9.53 Å². The average Bonchev–Trinajstić information content (AvgIpc) is 2.98. The van der Waals surface area contributed by atoms with Gasteiger partial charge in [-0.15, -0.1) is 0 Å². The Morgan fingerprint density at radius 1 is 1.28 bits per heavy atom. The maximum atomic E-state index is 12.6. The third-order valence-electron chi connectivity index (χ3n) is 4.45. The minimum Gasteiger partial charge on any atom is -0.443 e. The van der Waals surface area contributed by atoms with Gasteiger partial charge in [-0.25, -0.2) is 14.3 Å². The molecule has 0 radical (unpaired) electrons. The van der Waals surface area contributed by atoms with E-state index in [2.05, 4.69) is 4.98 Å². The molecule has 1 heterocycles. The van der Waals surface area contributed by atoms with Gasteiger partial charge < -0.3 is 9.47 Å². The number of imidazole rings is 1. The van der Waals surface area contributed by atoms with E-state index < -0.39 is 11.7 Å². The molecule has 0 amide bonds. The van der Waals surface area contributed by atoms with Crippen LogP contribution in [-0.4, -0.2) is 39.2 Å². The van der Waals surface area contributed by atoms with Gasteiger partial charge in [0.25, 0.3) is 0 Å². The Labute approximate surface area is 150 Å². The molecule has 1 fully saturated rings. The van der Waals surface area contributed by atoms with Gasteiger partial charge in [0.2, 0.25) is 0 Å². The van der Waals surface area contributed by atoms with Crippen molar-refractivity contribution >= 4 is 34.9 Å². The fraction of sp³-hybridized carbons (Fsp3) is 0.500. The number of ether oxygens (including phenoxy) is 2. The number of aromatic nitrogens is 2. The number of fused-ring (bicyclic) bond motifs is 1. The number of hydrogen-bond donors (Lipinski definition) is 0. The highest BCUT2D eigenvalue weighted by Crippen LogP contribution is 2.32. The normalized spacial score (nSPS) is 16.6. The van der Waals surface area contributed by atoms with Gasteiger partial charge in [-0.05, 0) is 51.0 Å². The van der Waals surface area contributed by atoms with Crippen LogP contribution >= 0.6 is 11.8 Å². The van der Waals surface area contributed by atoms with E-state index >= 15 is 0 Å². The minimum atomic E-state index is -0.445. The summed E-state index contributed by atoms with van der Waals surface area (Å²) in [4.78, 5) is 28.5.